The van der Waals surface area contributed by atoms with Gasteiger partial charge >= 0.3 is 12.1 Å². The van der Waals surface area contributed by atoms with E-state index in [1.807, 2.05) is 6.07 Å². The summed E-state index contributed by atoms with van der Waals surface area (Å²) in [5, 5.41) is 18.2. The van der Waals surface area contributed by atoms with Gasteiger partial charge in [0, 0.05) is 24.2 Å². The molecule has 1 aromatic heterocycles. The number of nitrogens with one attached hydrogen (secondary N) is 1. The molecule has 0 aliphatic carbocycles. The van der Waals surface area contributed by atoms with Gasteiger partial charge in [-0.05, 0) is 20.8 Å². The molecule has 0 fully saturated rings. The summed E-state index contributed by atoms with van der Waals surface area (Å²) in [7, 11) is 0. The Labute approximate surface area is 122 Å². The molecule has 2 rings (SSSR count). The first-order chi connectivity index (χ1) is 9.73. The first-order valence-corrected chi connectivity index (χ1v) is 6.58. The Kier molecular flexibility index (Phi) is 3.64. The van der Waals surface area contributed by atoms with Crippen LogP contribution in [0, 0.1) is 11.3 Å². The number of rotatable bonds is 1. The number of aromatic amines is 1. The van der Waals surface area contributed by atoms with Crippen molar-refractivity contribution >= 4 is 12.1 Å². The highest BCUT2D eigenvalue weighted by Gasteiger charge is 2.30. The number of nitriles is 1. The molecule has 2 heterocycles. The van der Waals surface area contributed by atoms with Crippen LogP contribution in [0.25, 0.3) is 0 Å². The van der Waals surface area contributed by atoms with Crippen molar-refractivity contribution in [1.82, 2.24) is 9.88 Å². The molecule has 21 heavy (non-hydrogen) atoms. The van der Waals surface area contributed by atoms with Gasteiger partial charge in [0.05, 0.1) is 12.1 Å². The van der Waals surface area contributed by atoms with Crippen LogP contribution < -0.4 is 0 Å². The Hall–Kier alpha value is -2.49. The minimum Gasteiger partial charge on any atom is -0.477 e. The number of nitrogens with zero attached hydrogens (tertiary/aromatic N) is 2. The number of hydrogen-bond acceptors (Lipinski definition) is 4. The number of hydrogen-bond donors (Lipinski definition) is 2. The summed E-state index contributed by atoms with van der Waals surface area (Å²) in [5.74, 6) is -1.18. The molecule has 112 valence electrons. The summed E-state index contributed by atoms with van der Waals surface area (Å²) in [6.07, 6.45) is 0.00593. The van der Waals surface area contributed by atoms with E-state index in [2.05, 4.69) is 4.98 Å². The predicted octanol–water partition coefficient (Wildman–Crippen LogP) is 1.88. The first kappa shape index (κ1) is 14.9. The molecule has 0 radical (unpaired) electrons. The number of carboxylic acids is 1. The summed E-state index contributed by atoms with van der Waals surface area (Å²) in [5.41, 5.74) is 0.634. The van der Waals surface area contributed by atoms with Crippen LogP contribution in [0.5, 0.6) is 0 Å². The van der Waals surface area contributed by atoms with Gasteiger partial charge in [-0.25, -0.2) is 9.59 Å². The number of H-pyrrole nitrogens is 1. The highest BCUT2D eigenvalue weighted by Crippen LogP contribution is 2.26. The normalized spacial score (nSPS) is 14.3. The van der Waals surface area contributed by atoms with E-state index in [0.29, 0.717) is 24.2 Å². The molecule has 7 nitrogen and oxygen atoms in total. The summed E-state index contributed by atoms with van der Waals surface area (Å²) >= 11 is 0. The lowest BCUT2D eigenvalue weighted by atomic mass is 10.0. The lowest BCUT2D eigenvalue weighted by Crippen LogP contribution is -2.39. The minimum absolute atomic E-state index is 0.0887. The van der Waals surface area contributed by atoms with Gasteiger partial charge in [-0.15, -0.1) is 0 Å². The van der Waals surface area contributed by atoms with Crippen LogP contribution in [-0.4, -0.2) is 39.2 Å². The third kappa shape index (κ3) is 2.99. The van der Waals surface area contributed by atoms with E-state index in [1.165, 1.54) is 4.90 Å². The fourth-order valence-corrected chi connectivity index (χ4v) is 2.26. The molecule has 2 N–H and O–H groups in total. The number of carbonyl (C=O) groups is 2. The van der Waals surface area contributed by atoms with Crippen molar-refractivity contribution in [2.75, 3.05) is 6.54 Å². The Morgan fingerprint density at radius 2 is 2.10 bits per heavy atom. The number of ether oxygens (including phenoxy) is 1. The summed E-state index contributed by atoms with van der Waals surface area (Å²) in [6.45, 7) is 5.93. The minimum atomic E-state index is -1.18. The van der Waals surface area contributed by atoms with Crippen molar-refractivity contribution in [3.05, 3.63) is 22.5 Å². The number of amides is 1. The molecule has 0 aromatic carbocycles. The average Bonchev–Trinajstić information content (AvgIpc) is 2.74. The number of carboxylic acid groups (broad SMARTS) is 1. The van der Waals surface area contributed by atoms with Crippen LogP contribution in [0.3, 0.4) is 0 Å². The van der Waals surface area contributed by atoms with Crippen molar-refractivity contribution in [2.45, 2.75) is 39.3 Å². The molecule has 0 saturated carbocycles. The molecular weight excluding hydrogens is 274 g/mol. The van der Waals surface area contributed by atoms with Gasteiger partial charge < -0.3 is 19.7 Å². The van der Waals surface area contributed by atoms with Crippen LogP contribution in [0.2, 0.25) is 0 Å². The van der Waals surface area contributed by atoms with Gasteiger partial charge in [-0.2, -0.15) is 5.26 Å². The molecule has 1 aliphatic rings. The number of fused-ring (bicyclic) bond motifs is 1. The van der Waals surface area contributed by atoms with Crippen LogP contribution >= 0.6 is 0 Å². The predicted molar refractivity (Wildman–Crippen MR) is 72.8 cm³/mol. The third-order valence-corrected chi connectivity index (χ3v) is 3.15. The van der Waals surface area contributed by atoms with Gasteiger partial charge in [0.15, 0.2) is 0 Å². The van der Waals surface area contributed by atoms with Crippen molar-refractivity contribution in [3.8, 4) is 6.07 Å². The second-order valence-corrected chi connectivity index (χ2v) is 5.90. The molecule has 7 heteroatoms. The highest BCUT2D eigenvalue weighted by atomic mass is 16.6. The van der Waals surface area contributed by atoms with Crippen LogP contribution in [0.1, 0.15) is 48.1 Å². The van der Waals surface area contributed by atoms with E-state index in [-0.39, 0.29) is 17.8 Å². The summed E-state index contributed by atoms with van der Waals surface area (Å²) in [6, 6.07) is 1.90. The van der Waals surface area contributed by atoms with Crippen LogP contribution in [-0.2, 0) is 17.7 Å². The van der Waals surface area contributed by atoms with Crippen LogP contribution in [0.4, 0.5) is 4.79 Å². The van der Waals surface area contributed by atoms with Crippen molar-refractivity contribution in [3.63, 3.8) is 0 Å². The van der Waals surface area contributed by atoms with Gasteiger partial charge in [0.1, 0.15) is 17.4 Å². The zero-order valence-electron chi connectivity index (χ0n) is 12.2. The quantitative estimate of drug-likeness (QED) is 0.821. The SMILES string of the molecule is CC(C)(C)OC(=O)N1CCc2[nH]c(C(=O)O)c(C#N)c2C1. The fourth-order valence-electron chi connectivity index (χ4n) is 2.26. The van der Waals surface area contributed by atoms with Crippen LogP contribution in [0.15, 0.2) is 0 Å². The van der Waals surface area contributed by atoms with Gasteiger partial charge in [0.25, 0.3) is 0 Å². The van der Waals surface area contributed by atoms with E-state index >= 15 is 0 Å². The van der Waals surface area contributed by atoms with E-state index in [1.54, 1.807) is 20.8 Å². The molecule has 0 saturated heterocycles. The van der Waals surface area contributed by atoms with Crippen molar-refractivity contribution in [1.29, 1.82) is 5.26 Å². The lowest BCUT2D eigenvalue weighted by Gasteiger charge is -2.30. The standard InChI is InChI=1S/C14H17N3O4/c1-14(2,3)21-13(20)17-5-4-10-9(7-17)8(6-15)11(16-10)12(18)19/h16H,4-5,7H2,1-3H3,(H,18,19). The van der Waals surface area contributed by atoms with E-state index in [4.69, 9.17) is 15.1 Å². The summed E-state index contributed by atoms with van der Waals surface area (Å²) in [4.78, 5) is 27.4. The van der Waals surface area contributed by atoms with Gasteiger partial charge in [-0.3, -0.25) is 0 Å². The Bertz CT molecular complexity index is 634. The molecule has 1 amide bonds. The van der Waals surface area contributed by atoms with Gasteiger partial charge in [-0.1, -0.05) is 0 Å². The summed E-state index contributed by atoms with van der Waals surface area (Å²) < 4.78 is 5.30. The van der Waals surface area contributed by atoms with Crippen molar-refractivity contribution in [2.24, 2.45) is 0 Å². The number of carbonyl (C=O) groups excluding carboxylic acids is 1. The van der Waals surface area contributed by atoms with E-state index in [0.717, 1.165) is 0 Å². The fraction of sp³-hybridized carbons (Fsp3) is 0.500. The second-order valence-electron chi connectivity index (χ2n) is 5.90. The topological polar surface area (TPSA) is 106 Å². The maximum Gasteiger partial charge on any atom is 0.410 e. The molecule has 0 spiro atoms. The third-order valence-electron chi connectivity index (χ3n) is 3.15. The molecule has 0 unspecified atom stereocenters. The van der Waals surface area contributed by atoms with Gasteiger partial charge in [0.2, 0.25) is 0 Å². The second kappa shape index (κ2) is 5.13. The number of aromatic nitrogens is 1. The Morgan fingerprint density at radius 1 is 1.43 bits per heavy atom. The van der Waals surface area contributed by atoms with Crippen molar-refractivity contribution < 1.29 is 19.4 Å². The molecule has 0 atom stereocenters. The maximum atomic E-state index is 12.1. The zero-order chi connectivity index (χ0) is 15.8. The molecule has 1 aromatic rings. The largest absolute Gasteiger partial charge is 0.477 e. The Morgan fingerprint density at radius 3 is 2.62 bits per heavy atom. The van der Waals surface area contributed by atoms with E-state index in [9.17, 15) is 9.59 Å². The molecule has 1 aliphatic heterocycles. The first-order valence-electron chi connectivity index (χ1n) is 6.58. The Balaban J connectivity index is 2.26. The zero-order valence-corrected chi connectivity index (χ0v) is 12.2. The number of aromatic carboxylic acids is 1. The molecular formula is C14H17N3O4. The highest BCUT2D eigenvalue weighted by molar-refractivity contribution is 5.89. The monoisotopic (exact) mass is 291 g/mol. The smallest absolute Gasteiger partial charge is 0.410 e. The maximum absolute atomic E-state index is 12.1. The van der Waals surface area contributed by atoms with E-state index < -0.39 is 17.7 Å². The lowest BCUT2D eigenvalue weighted by molar-refractivity contribution is 0.0223. The average molecular weight is 291 g/mol. The molecule has 0 bridgehead atoms.